The van der Waals surface area contributed by atoms with Crippen LogP contribution in [0.5, 0.6) is 0 Å². The number of carbonyl (C=O) groups excluding carboxylic acids is 1. The fraction of sp³-hybridized carbons (Fsp3) is 0.353. The van der Waals surface area contributed by atoms with Crippen LogP contribution in [0, 0.1) is 5.92 Å². The number of nitrogens with one attached hydrogen (secondary N) is 1. The summed E-state index contributed by atoms with van der Waals surface area (Å²) in [7, 11) is 0. The SMILES string of the molecule is O=C(NC1CCC(C(=O)O)CC1)c1ccc2cc(Cl)ccc2n1. The molecule has 6 heteroatoms. The maximum absolute atomic E-state index is 12.3. The minimum atomic E-state index is -0.746. The van der Waals surface area contributed by atoms with Crippen LogP contribution in [-0.4, -0.2) is 28.0 Å². The number of pyridine rings is 1. The van der Waals surface area contributed by atoms with Crippen LogP contribution in [0.4, 0.5) is 0 Å². The highest BCUT2D eigenvalue weighted by Gasteiger charge is 2.27. The minimum absolute atomic E-state index is 0.0146. The topological polar surface area (TPSA) is 79.3 Å². The highest BCUT2D eigenvalue weighted by molar-refractivity contribution is 6.31. The molecule has 1 saturated carbocycles. The van der Waals surface area contributed by atoms with Crippen molar-refractivity contribution in [1.29, 1.82) is 0 Å². The summed E-state index contributed by atoms with van der Waals surface area (Å²) in [5, 5.41) is 13.5. The van der Waals surface area contributed by atoms with Crippen molar-refractivity contribution in [3.8, 4) is 0 Å². The Hall–Kier alpha value is -2.14. The average Bonchev–Trinajstić information content (AvgIpc) is 2.54. The molecule has 23 heavy (non-hydrogen) atoms. The van der Waals surface area contributed by atoms with Crippen LogP contribution in [0.3, 0.4) is 0 Å². The molecule has 0 bridgehead atoms. The van der Waals surface area contributed by atoms with Gasteiger partial charge in [-0.1, -0.05) is 17.7 Å². The molecule has 1 aromatic carbocycles. The summed E-state index contributed by atoms with van der Waals surface area (Å²) in [5.41, 5.74) is 1.08. The van der Waals surface area contributed by atoms with Crippen molar-refractivity contribution < 1.29 is 14.7 Å². The lowest BCUT2D eigenvalue weighted by molar-refractivity contribution is -0.142. The zero-order valence-corrected chi connectivity index (χ0v) is 13.2. The summed E-state index contributed by atoms with van der Waals surface area (Å²) in [4.78, 5) is 27.6. The van der Waals surface area contributed by atoms with Crippen molar-refractivity contribution in [1.82, 2.24) is 10.3 Å². The second-order valence-electron chi connectivity index (χ2n) is 5.89. The quantitative estimate of drug-likeness (QED) is 0.904. The van der Waals surface area contributed by atoms with Gasteiger partial charge in [0, 0.05) is 16.5 Å². The molecule has 1 fully saturated rings. The maximum Gasteiger partial charge on any atom is 0.306 e. The first-order valence-corrected chi connectivity index (χ1v) is 8.01. The second-order valence-corrected chi connectivity index (χ2v) is 6.33. The summed E-state index contributed by atoms with van der Waals surface area (Å²) >= 11 is 5.93. The lowest BCUT2D eigenvalue weighted by Crippen LogP contribution is -2.39. The summed E-state index contributed by atoms with van der Waals surface area (Å²) in [6.07, 6.45) is 2.58. The number of carboxylic acids is 1. The van der Waals surface area contributed by atoms with E-state index in [1.54, 1.807) is 24.3 Å². The fourth-order valence-corrected chi connectivity index (χ4v) is 3.15. The molecule has 0 radical (unpaired) electrons. The van der Waals surface area contributed by atoms with Crippen molar-refractivity contribution in [3.05, 3.63) is 41.0 Å². The smallest absolute Gasteiger partial charge is 0.306 e. The number of benzene rings is 1. The molecule has 0 atom stereocenters. The van der Waals surface area contributed by atoms with Gasteiger partial charge >= 0.3 is 5.97 Å². The third-order valence-corrected chi connectivity index (χ3v) is 4.53. The molecule has 0 saturated heterocycles. The lowest BCUT2D eigenvalue weighted by Gasteiger charge is -2.26. The molecule has 0 spiro atoms. The Labute approximate surface area is 138 Å². The van der Waals surface area contributed by atoms with Gasteiger partial charge in [-0.2, -0.15) is 0 Å². The van der Waals surface area contributed by atoms with Crippen LogP contribution < -0.4 is 5.32 Å². The third kappa shape index (κ3) is 3.62. The van der Waals surface area contributed by atoms with Gasteiger partial charge in [-0.05, 0) is 49.9 Å². The number of aliphatic carboxylic acids is 1. The van der Waals surface area contributed by atoms with Crippen molar-refractivity contribution in [2.75, 3.05) is 0 Å². The number of halogens is 1. The van der Waals surface area contributed by atoms with Gasteiger partial charge in [-0.15, -0.1) is 0 Å². The molecule has 1 aliphatic rings. The molecule has 3 rings (SSSR count). The van der Waals surface area contributed by atoms with Gasteiger partial charge in [0.05, 0.1) is 11.4 Å². The molecule has 5 nitrogen and oxygen atoms in total. The molecule has 2 aromatic rings. The molecule has 120 valence electrons. The number of aromatic nitrogens is 1. The summed E-state index contributed by atoms with van der Waals surface area (Å²) in [6, 6.07) is 8.85. The van der Waals surface area contributed by atoms with Gasteiger partial charge < -0.3 is 10.4 Å². The molecule has 1 heterocycles. The van der Waals surface area contributed by atoms with Crippen LogP contribution in [0.1, 0.15) is 36.2 Å². The van der Waals surface area contributed by atoms with Crippen molar-refractivity contribution >= 4 is 34.4 Å². The summed E-state index contributed by atoms with van der Waals surface area (Å²) in [6.45, 7) is 0. The van der Waals surface area contributed by atoms with Gasteiger partial charge in [0.15, 0.2) is 0 Å². The Balaban J connectivity index is 1.67. The van der Waals surface area contributed by atoms with Crippen molar-refractivity contribution in [2.45, 2.75) is 31.7 Å². The standard InChI is InChI=1S/C17H17ClN2O3/c18-12-4-8-14-11(9-12)3-7-15(20-14)16(21)19-13-5-1-10(2-6-13)17(22)23/h3-4,7-10,13H,1-2,5-6H2,(H,19,21)(H,22,23). The number of amides is 1. The number of hydrogen-bond donors (Lipinski definition) is 2. The monoisotopic (exact) mass is 332 g/mol. The van der Waals surface area contributed by atoms with E-state index >= 15 is 0 Å². The van der Waals surface area contributed by atoms with E-state index in [0.29, 0.717) is 36.4 Å². The first kappa shape index (κ1) is 15.7. The first-order chi connectivity index (χ1) is 11.0. The van der Waals surface area contributed by atoms with Crippen LogP contribution >= 0.6 is 11.6 Å². The maximum atomic E-state index is 12.3. The molecule has 1 aliphatic carbocycles. The first-order valence-electron chi connectivity index (χ1n) is 7.63. The van der Waals surface area contributed by atoms with E-state index in [2.05, 4.69) is 10.3 Å². The fourth-order valence-electron chi connectivity index (χ4n) is 2.97. The Morgan fingerprint density at radius 3 is 2.57 bits per heavy atom. The van der Waals surface area contributed by atoms with Gasteiger partial charge in [0.25, 0.3) is 5.91 Å². The number of fused-ring (bicyclic) bond motifs is 1. The number of rotatable bonds is 3. The summed E-state index contributed by atoms with van der Waals surface area (Å²) < 4.78 is 0. The number of carboxylic acid groups (broad SMARTS) is 1. The molecule has 0 unspecified atom stereocenters. The predicted octanol–water partition coefficient (Wildman–Crippen LogP) is 3.26. The van der Waals surface area contributed by atoms with E-state index in [9.17, 15) is 9.59 Å². The molecule has 0 aliphatic heterocycles. The number of nitrogens with zero attached hydrogens (tertiary/aromatic N) is 1. The number of hydrogen-bond acceptors (Lipinski definition) is 3. The van der Waals surface area contributed by atoms with E-state index in [1.807, 2.05) is 6.07 Å². The lowest BCUT2D eigenvalue weighted by atomic mass is 9.86. The molecular weight excluding hydrogens is 316 g/mol. The largest absolute Gasteiger partial charge is 0.481 e. The van der Waals surface area contributed by atoms with Gasteiger partial charge in [0.2, 0.25) is 0 Å². The highest BCUT2D eigenvalue weighted by atomic mass is 35.5. The Morgan fingerprint density at radius 1 is 1.13 bits per heavy atom. The molecule has 2 N–H and O–H groups in total. The van der Waals surface area contributed by atoms with Crippen LogP contribution in [0.2, 0.25) is 5.02 Å². The average molecular weight is 333 g/mol. The third-order valence-electron chi connectivity index (χ3n) is 4.30. The second kappa shape index (κ2) is 6.54. The van der Waals surface area contributed by atoms with Crippen molar-refractivity contribution in [2.24, 2.45) is 5.92 Å². The summed E-state index contributed by atoms with van der Waals surface area (Å²) in [5.74, 6) is -1.25. The van der Waals surface area contributed by atoms with E-state index < -0.39 is 5.97 Å². The van der Waals surface area contributed by atoms with E-state index in [0.717, 1.165) is 10.9 Å². The van der Waals surface area contributed by atoms with Crippen LogP contribution in [0.15, 0.2) is 30.3 Å². The Morgan fingerprint density at radius 2 is 1.87 bits per heavy atom. The normalized spacial score (nSPS) is 21.1. The van der Waals surface area contributed by atoms with Crippen molar-refractivity contribution in [3.63, 3.8) is 0 Å². The van der Waals surface area contributed by atoms with Gasteiger partial charge in [0.1, 0.15) is 5.69 Å². The van der Waals surface area contributed by atoms with E-state index in [1.165, 1.54) is 0 Å². The van der Waals surface area contributed by atoms with Gasteiger partial charge in [-0.3, -0.25) is 9.59 Å². The molecular formula is C17H17ClN2O3. The minimum Gasteiger partial charge on any atom is -0.481 e. The van der Waals surface area contributed by atoms with Crippen LogP contribution in [-0.2, 0) is 4.79 Å². The Kier molecular flexibility index (Phi) is 4.48. The van der Waals surface area contributed by atoms with E-state index in [-0.39, 0.29) is 17.9 Å². The Bertz CT molecular complexity index is 755. The zero-order chi connectivity index (χ0) is 16.4. The molecule has 1 aromatic heterocycles. The highest BCUT2D eigenvalue weighted by Crippen LogP contribution is 2.25. The van der Waals surface area contributed by atoms with Crippen LogP contribution in [0.25, 0.3) is 10.9 Å². The number of carbonyl (C=O) groups is 2. The zero-order valence-electron chi connectivity index (χ0n) is 12.5. The van der Waals surface area contributed by atoms with E-state index in [4.69, 9.17) is 16.7 Å². The molecule has 1 amide bonds. The van der Waals surface area contributed by atoms with Gasteiger partial charge in [-0.25, -0.2) is 4.98 Å². The predicted molar refractivity (Wildman–Crippen MR) is 87.6 cm³/mol.